The fourth-order valence-corrected chi connectivity index (χ4v) is 4.65. The van der Waals surface area contributed by atoms with E-state index in [4.69, 9.17) is 18.4 Å². The fourth-order valence-electron chi connectivity index (χ4n) is 4.65. The van der Waals surface area contributed by atoms with E-state index >= 15 is 4.39 Å². The molecule has 1 N–H and O–H groups in total. The average molecular weight is 615 g/mol. The number of rotatable bonds is 5. The van der Waals surface area contributed by atoms with Crippen molar-refractivity contribution in [2.24, 2.45) is 0 Å². The number of nitrogens with one attached hydrogen (secondary N) is 1. The number of benzene rings is 3. The minimum atomic E-state index is -0.478. The first-order valence-electron chi connectivity index (χ1n) is 13.7. The number of anilines is 1. The fraction of sp³-hybridized carbons (Fsp3) is 0.147. The van der Waals surface area contributed by atoms with E-state index in [1.807, 2.05) is 46.4 Å². The van der Waals surface area contributed by atoms with Crippen molar-refractivity contribution >= 4 is 47.4 Å². The maximum atomic E-state index is 15.0. The number of hydrogen-bond acceptors (Lipinski definition) is 8. The maximum Gasteiger partial charge on any atom is 0.255 e. The summed E-state index contributed by atoms with van der Waals surface area (Å²) in [7, 11) is 5.25. The molecule has 3 heterocycles. The third-order valence-corrected chi connectivity index (χ3v) is 6.47. The molecule has 0 radical (unpaired) electrons. The van der Waals surface area contributed by atoms with Crippen molar-refractivity contribution in [3.8, 4) is 33.9 Å². The lowest BCUT2D eigenvalue weighted by molar-refractivity contribution is -0.0987. The highest BCUT2D eigenvalue weighted by Gasteiger charge is 2.24. The van der Waals surface area contributed by atoms with Crippen molar-refractivity contribution < 1.29 is 32.0 Å². The Labute approximate surface area is 258 Å². The highest BCUT2D eigenvalue weighted by atomic mass is 19.1. The van der Waals surface area contributed by atoms with Gasteiger partial charge in [0.2, 0.25) is 11.6 Å². The van der Waals surface area contributed by atoms with E-state index < -0.39 is 11.6 Å². The van der Waals surface area contributed by atoms with Gasteiger partial charge in [0.05, 0.1) is 5.56 Å². The summed E-state index contributed by atoms with van der Waals surface area (Å²) in [5.41, 5.74) is 4.63. The normalized spacial score (nSPS) is 10.1. The number of amides is 1. The summed E-state index contributed by atoms with van der Waals surface area (Å²) in [6.07, 6.45) is 1.60. The number of fused-ring (bicyclic) bond motifs is 2. The van der Waals surface area contributed by atoms with E-state index in [-0.39, 0.29) is 11.8 Å². The van der Waals surface area contributed by atoms with E-state index in [1.54, 1.807) is 48.7 Å². The predicted octanol–water partition coefficient (Wildman–Crippen LogP) is 7.33. The van der Waals surface area contributed by atoms with Crippen LogP contribution in [0.4, 0.5) is 14.5 Å². The molecular formula is C34H32F2N4O5. The molecule has 0 aliphatic rings. The number of halogens is 2. The summed E-state index contributed by atoms with van der Waals surface area (Å²) in [5, 5.41) is 3.19. The lowest BCUT2D eigenvalue weighted by Crippen LogP contribution is -2.18. The van der Waals surface area contributed by atoms with Crippen LogP contribution in [0.5, 0.6) is 0 Å². The molecule has 0 spiro atoms. The van der Waals surface area contributed by atoms with Crippen LogP contribution in [0.3, 0.4) is 0 Å². The third-order valence-electron chi connectivity index (χ3n) is 6.47. The van der Waals surface area contributed by atoms with Crippen molar-refractivity contribution in [3.63, 3.8) is 0 Å². The molecule has 0 saturated heterocycles. The van der Waals surface area contributed by atoms with Crippen LogP contribution in [-0.2, 0) is 9.59 Å². The van der Waals surface area contributed by atoms with Gasteiger partial charge in [-0.05, 0) is 66.2 Å². The van der Waals surface area contributed by atoms with E-state index in [9.17, 15) is 9.18 Å². The standard InChI is InChI=1S/C30H22F2N4O3.C2H6.2CH2O/c1-33-28(37)26-22-14-21(24(36(2)3)15-25(22)38-27(26)16-6-8-19(31)9-7-16)17-11-18(13-20(32)12-17)29-35-23-5-4-10-34-30(23)39-29;3*1-2/h4-15H,1-3H3,(H,33,37);1-2H3;2*1H2. The number of oxazole rings is 1. The summed E-state index contributed by atoms with van der Waals surface area (Å²) in [4.78, 5) is 39.6. The molecule has 0 aliphatic heterocycles. The molecule has 232 valence electrons. The van der Waals surface area contributed by atoms with E-state index in [0.717, 1.165) is 5.69 Å². The lowest BCUT2D eigenvalue weighted by Gasteiger charge is -2.18. The van der Waals surface area contributed by atoms with Gasteiger partial charge in [0.15, 0.2) is 0 Å². The van der Waals surface area contributed by atoms with Crippen molar-refractivity contribution in [1.29, 1.82) is 0 Å². The first kappa shape index (κ1) is 33.8. The lowest BCUT2D eigenvalue weighted by atomic mass is 9.96. The number of nitrogens with zero attached hydrogens (tertiary/aromatic N) is 3. The molecular weight excluding hydrogens is 582 g/mol. The van der Waals surface area contributed by atoms with Gasteiger partial charge in [-0.2, -0.15) is 0 Å². The molecule has 1 amide bonds. The van der Waals surface area contributed by atoms with Gasteiger partial charge in [-0.25, -0.2) is 18.7 Å². The van der Waals surface area contributed by atoms with Gasteiger partial charge >= 0.3 is 0 Å². The van der Waals surface area contributed by atoms with Crippen molar-refractivity contribution in [3.05, 3.63) is 90.1 Å². The van der Waals surface area contributed by atoms with Crippen LogP contribution in [0.1, 0.15) is 24.2 Å². The second-order valence-electron chi connectivity index (χ2n) is 9.23. The van der Waals surface area contributed by atoms with E-state index in [2.05, 4.69) is 15.3 Å². The smallest absolute Gasteiger partial charge is 0.255 e. The monoisotopic (exact) mass is 614 g/mol. The van der Waals surface area contributed by atoms with E-state index in [0.29, 0.717) is 55.8 Å². The topological polar surface area (TPSA) is 119 Å². The van der Waals surface area contributed by atoms with Gasteiger partial charge in [0.25, 0.3) is 5.91 Å². The maximum absolute atomic E-state index is 15.0. The van der Waals surface area contributed by atoms with Gasteiger partial charge in [0.1, 0.15) is 42.1 Å². The molecule has 0 bridgehead atoms. The Kier molecular flexibility index (Phi) is 11.4. The molecule has 6 rings (SSSR count). The zero-order chi connectivity index (χ0) is 33.3. The van der Waals surface area contributed by atoms with Crippen molar-refractivity contribution in [2.45, 2.75) is 13.8 Å². The number of pyridine rings is 1. The van der Waals surface area contributed by atoms with Crippen LogP contribution in [0.2, 0.25) is 0 Å². The molecule has 9 nitrogen and oxygen atoms in total. The van der Waals surface area contributed by atoms with Gasteiger partial charge in [0, 0.05) is 61.2 Å². The van der Waals surface area contributed by atoms with Gasteiger partial charge in [-0.1, -0.05) is 13.8 Å². The zero-order valence-corrected chi connectivity index (χ0v) is 25.5. The van der Waals surface area contributed by atoms with Crippen LogP contribution in [0.15, 0.2) is 81.8 Å². The molecule has 0 saturated carbocycles. The molecule has 45 heavy (non-hydrogen) atoms. The number of furan rings is 1. The van der Waals surface area contributed by atoms with Gasteiger partial charge in [-0.3, -0.25) is 4.79 Å². The van der Waals surface area contributed by atoms with Gasteiger partial charge in [-0.15, -0.1) is 0 Å². The summed E-state index contributed by atoms with van der Waals surface area (Å²) in [6.45, 7) is 8.00. The molecule has 3 aromatic heterocycles. The van der Waals surface area contributed by atoms with Crippen LogP contribution < -0.4 is 10.2 Å². The van der Waals surface area contributed by atoms with Crippen LogP contribution in [-0.4, -0.2) is 50.6 Å². The second kappa shape index (κ2) is 15.1. The quantitative estimate of drug-likeness (QED) is 0.214. The Morgan fingerprint density at radius 3 is 2.13 bits per heavy atom. The molecule has 6 aromatic rings. The van der Waals surface area contributed by atoms with Gasteiger partial charge < -0.3 is 28.6 Å². The van der Waals surface area contributed by atoms with Crippen LogP contribution >= 0.6 is 0 Å². The Morgan fingerprint density at radius 2 is 1.51 bits per heavy atom. The van der Waals surface area contributed by atoms with Crippen molar-refractivity contribution in [2.75, 3.05) is 26.0 Å². The second-order valence-corrected chi connectivity index (χ2v) is 9.23. The SMILES string of the molecule is C=O.C=O.CC.CNC(=O)c1c(-c2ccc(F)cc2)oc2cc(N(C)C)c(-c3cc(F)cc(-c4nc5cccnc5o4)c3)cc12. The third kappa shape index (κ3) is 6.93. The Balaban J connectivity index is 0.000000870. The van der Waals surface area contributed by atoms with E-state index in [1.165, 1.54) is 31.3 Å². The molecule has 0 fully saturated rings. The Morgan fingerprint density at radius 1 is 0.844 bits per heavy atom. The number of aromatic nitrogens is 2. The highest BCUT2D eigenvalue weighted by molar-refractivity contribution is 6.13. The number of carbonyl (C=O) groups is 3. The Bertz CT molecular complexity index is 1880. The first-order chi connectivity index (χ1) is 21.8. The largest absolute Gasteiger partial charge is 0.455 e. The molecule has 3 aromatic carbocycles. The molecule has 0 unspecified atom stereocenters. The molecule has 0 atom stereocenters. The average Bonchev–Trinajstić information content (AvgIpc) is 3.68. The number of hydrogen-bond donors (Lipinski definition) is 1. The predicted molar refractivity (Wildman–Crippen MR) is 171 cm³/mol. The zero-order valence-electron chi connectivity index (χ0n) is 25.5. The highest BCUT2D eigenvalue weighted by Crippen LogP contribution is 2.41. The Hall–Kier alpha value is -5.71. The molecule has 0 aliphatic carbocycles. The van der Waals surface area contributed by atoms with Crippen molar-refractivity contribution in [1.82, 2.24) is 15.3 Å². The minimum absolute atomic E-state index is 0.241. The summed E-state index contributed by atoms with van der Waals surface area (Å²) < 4.78 is 40.6. The number of carbonyl (C=O) groups excluding carboxylic acids is 3. The van der Waals surface area contributed by atoms with Crippen LogP contribution in [0.25, 0.3) is 56.1 Å². The first-order valence-corrected chi connectivity index (χ1v) is 13.7. The summed E-state index contributed by atoms with van der Waals surface area (Å²) >= 11 is 0. The summed E-state index contributed by atoms with van der Waals surface area (Å²) in [6, 6.07) is 17.4. The molecule has 11 heteroatoms. The minimum Gasteiger partial charge on any atom is -0.455 e. The van der Waals surface area contributed by atoms with Crippen LogP contribution in [0, 0.1) is 11.6 Å². The summed E-state index contributed by atoms with van der Waals surface area (Å²) in [5.74, 6) is -0.691.